The van der Waals surface area contributed by atoms with Crippen molar-refractivity contribution in [3.63, 3.8) is 0 Å². The van der Waals surface area contributed by atoms with Crippen LogP contribution >= 0.6 is 0 Å². The van der Waals surface area contributed by atoms with E-state index in [1.807, 2.05) is 32.0 Å². The summed E-state index contributed by atoms with van der Waals surface area (Å²) in [6.45, 7) is 4.04. The van der Waals surface area contributed by atoms with Crippen molar-refractivity contribution < 1.29 is 9.59 Å². The van der Waals surface area contributed by atoms with Gasteiger partial charge in [-0.15, -0.1) is 0 Å². The van der Waals surface area contributed by atoms with Gasteiger partial charge >= 0.3 is 0 Å². The number of aromatic nitrogens is 1. The largest absolute Gasteiger partial charge is 0.343 e. The number of nitrogens with one attached hydrogen (secondary N) is 1. The summed E-state index contributed by atoms with van der Waals surface area (Å²) in [5.74, 6) is 0.125. The Hall–Kier alpha value is -2.23. The summed E-state index contributed by atoms with van der Waals surface area (Å²) >= 11 is 0. The maximum atomic E-state index is 12.1. The first-order valence-electron chi connectivity index (χ1n) is 6.71. The Bertz CT molecular complexity index is 623. The lowest BCUT2D eigenvalue weighted by molar-refractivity contribution is -0.109. The molecular formula is C16H18N2O2. The monoisotopic (exact) mass is 270 g/mol. The SMILES string of the molecule is CC(C)C[C@@H](C=O)NC(=O)c1ccc2ncccc2c1. The molecule has 0 unspecified atom stereocenters. The molecule has 4 heteroatoms. The lowest BCUT2D eigenvalue weighted by atomic mass is 10.0. The number of nitrogens with zero attached hydrogens (tertiary/aromatic N) is 1. The van der Waals surface area contributed by atoms with Crippen molar-refractivity contribution in [2.45, 2.75) is 26.3 Å². The van der Waals surface area contributed by atoms with Crippen LogP contribution in [0.4, 0.5) is 0 Å². The quantitative estimate of drug-likeness (QED) is 0.849. The fourth-order valence-electron chi connectivity index (χ4n) is 2.12. The summed E-state index contributed by atoms with van der Waals surface area (Å²) in [6, 6.07) is 8.62. The summed E-state index contributed by atoms with van der Waals surface area (Å²) in [5.41, 5.74) is 1.39. The number of hydrogen-bond acceptors (Lipinski definition) is 3. The molecule has 1 heterocycles. The first-order valence-corrected chi connectivity index (χ1v) is 6.71. The van der Waals surface area contributed by atoms with Crippen LogP contribution in [0.1, 0.15) is 30.6 Å². The van der Waals surface area contributed by atoms with E-state index < -0.39 is 6.04 Å². The van der Waals surface area contributed by atoms with Crippen LogP contribution in [0.3, 0.4) is 0 Å². The number of benzene rings is 1. The summed E-state index contributed by atoms with van der Waals surface area (Å²) in [6.07, 6.45) is 3.15. The van der Waals surface area contributed by atoms with E-state index >= 15 is 0 Å². The van der Waals surface area contributed by atoms with Crippen LogP contribution in [0.2, 0.25) is 0 Å². The standard InChI is InChI=1S/C16H18N2O2/c1-11(2)8-14(10-19)18-16(20)13-5-6-15-12(9-13)4-3-7-17-15/h3-7,9-11,14H,8H2,1-2H3,(H,18,20)/t14-/m0/s1. The molecule has 20 heavy (non-hydrogen) atoms. The van der Waals surface area contributed by atoms with Gasteiger partial charge in [0.2, 0.25) is 0 Å². The molecule has 104 valence electrons. The molecule has 2 aromatic rings. The van der Waals surface area contributed by atoms with Gasteiger partial charge in [0.15, 0.2) is 0 Å². The van der Waals surface area contributed by atoms with Gasteiger partial charge in [0.1, 0.15) is 6.29 Å². The van der Waals surface area contributed by atoms with Gasteiger partial charge < -0.3 is 10.1 Å². The predicted molar refractivity (Wildman–Crippen MR) is 78.5 cm³/mol. The third-order valence-electron chi connectivity index (χ3n) is 3.07. The average Bonchev–Trinajstić information content (AvgIpc) is 2.45. The molecule has 1 amide bonds. The second-order valence-electron chi connectivity index (χ2n) is 5.26. The zero-order valence-corrected chi connectivity index (χ0v) is 11.7. The van der Waals surface area contributed by atoms with E-state index in [0.717, 1.165) is 17.2 Å². The molecule has 0 bridgehead atoms. The van der Waals surface area contributed by atoms with Gasteiger partial charge in [-0.3, -0.25) is 9.78 Å². The second kappa shape index (κ2) is 6.28. The van der Waals surface area contributed by atoms with Gasteiger partial charge in [0, 0.05) is 17.1 Å². The molecule has 0 saturated heterocycles. The van der Waals surface area contributed by atoms with Crippen LogP contribution in [0.15, 0.2) is 36.5 Å². The van der Waals surface area contributed by atoms with Crippen molar-refractivity contribution in [1.82, 2.24) is 10.3 Å². The zero-order valence-electron chi connectivity index (χ0n) is 11.7. The lowest BCUT2D eigenvalue weighted by Crippen LogP contribution is -2.36. The molecule has 1 atom stereocenters. The van der Waals surface area contributed by atoms with Crippen LogP contribution in [-0.2, 0) is 4.79 Å². The molecule has 0 aliphatic rings. The number of pyridine rings is 1. The van der Waals surface area contributed by atoms with E-state index in [9.17, 15) is 9.59 Å². The topological polar surface area (TPSA) is 59.1 Å². The molecule has 1 N–H and O–H groups in total. The molecule has 1 aromatic carbocycles. The molecule has 0 spiro atoms. The molecule has 4 nitrogen and oxygen atoms in total. The van der Waals surface area contributed by atoms with Crippen LogP contribution in [0.5, 0.6) is 0 Å². The smallest absolute Gasteiger partial charge is 0.251 e. The Labute approximate surface area is 118 Å². The molecule has 0 aliphatic carbocycles. The lowest BCUT2D eigenvalue weighted by Gasteiger charge is -2.15. The number of fused-ring (bicyclic) bond motifs is 1. The highest BCUT2D eigenvalue weighted by molar-refractivity contribution is 5.98. The summed E-state index contributed by atoms with van der Waals surface area (Å²) in [5, 5.41) is 3.66. The zero-order chi connectivity index (χ0) is 14.5. The number of aldehydes is 1. The van der Waals surface area contributed by atoms with Crippen LogP contribution in [0, 0.1) is 5.92 Å². The van der Waals surface area contributed by atoms with Gasteiger partial charge in [-0.2, -0.15) is 0 Å². The predicted octanol–water partition coefficient (Wildman–Crippen LogP) is 2.58. The minimum atomic E-state index is -0.438. The van der Waals surface area contributed by atoms with E-state index in [-0.39, 0.29) is 5.91 Å². The molecule has 0 saturated carbocycles. The first-order chi connectivity index (χ1) is 9.60. The maximum absolute atomic E-state index is 12.1. The number of carbonyl (C=O) groups excluding carboxylic acids is 2. The van der Waals surface area contributed by atoms with Crippen molar-refractivity contribution in [2.24, 2.45) is 5.92 Å². The highest BCUT2D eigenvalue weighted by atomic mass is 16.2. The Morgan fingerprint density at radius 1 is 1.35 bits per heavy atom. The van der Waals surface area contributed by atoms with Crippen molar-refractivity contribution >= 4 is 23.1 Å². The van der Waals surface area contributed by atoms with Crippen LogP contribution in [0.25, 0.3) is 10.9 Å². The van der Waals surface area contributed by atoms with Gasteiger partial charge in [-0.1, -0.05) is 19.9 Å². The van der Waals surface area contributed by atoms with Crippen molar-refractivity contribution in [1.29, 1.82) is 0 Å². The third kappa shape index (κ3) is 3.41. The highest BCUT2D eigenvalue weighted by Crippen LogP contribution is 2.13. The van der Waals surface area contributed by atoms with Crippen LogP contribution < -0.4 is 5.32 Å². The summed E-state index contributed by atoms with van der Waals surface area (Å²) in [4.78, 5) is 27.4. The normalized spacial score (nSPS) is 12.3. The van der Waals surface area contributed by atoms with E-state index in [2.05, 4.69) is 10.3 Å². The minimum Gasteiger partial charge on any atom is -0.343 e. The number of hydrogen-bond donors (Lipinski definition) is 1. The highest BCUT2D eigenvalue weighted by Gasteiger charge is 2.14. The molecule has 0 fully saturated rings. The minimum absolute atomic E-state index is 0.228. The fraction of sp³-hybridized carbons (Fsp3) is 0.312. The van der Waals surface area contributed by atoms with Crippen molar-refractivity contribution in [3.05, 3.63) is 42.1 Å². The van der Waals surface area contributed by atoms with E-state index in [1.54, 1.807) is 18.3 Å². The summed E-state index contributed by atoms with van der Waals surface area (Å²) < 4.78 is 0. The molecule has 1 aromatic heterocycles. The van der Waals surface area contributed by atoms with Crippen molar-refractivity contribution in [2.75, 3.05) is 0 Å². The number of amides is 1. The molecule has 0 radical (unpaired) electrons. The van der Waals surface area contributed by atoms with Gasteiger partial charge in [0.05, 0.1) is 11.6 Å². The average molecular weight is 270 g/mol. The second-order valence-corrected chi connectivity index (χ2v) is 5.26. The van der Waals surface area contributed by atoms with Gasteiger partial charge in [-0.25, -0.2) is 0 Å². The van der Waals surface area contributed by atoms with E-state index in [0.29, 0.717) is 17.9 Å². The van der Waals surface area contributed by atoms with Crippen molar-refractivity contribution in [3.8, 4) is 0 Å². The van der Waals surface area contributed by atoms with Gasteiger partial charge in [-0.05, 0) is 36.6 Å². The number of carbonyl (C=O) groups is 2. The Balaban J connectivity index is 2.16. The number of rotatable bonds is 5. The Kier molecular flexibility index (Phi) is 4.45. The molecular weight excluding hydrogens is 252 g/mol. The maximum Gasteiger partial charge on any atom is 0.251 e. The third-order valence-corrected chi connectivity index (χ3v) is 3.07. The van der Waals surface area contributed by atoms with Gasteiger partial charge in [0.25, 0.3) is 5.91 Å². The Morgan fingerprint density at radius 2 is 2.15 bits per heavy atom. The molecule has 2 rings (SSSR count). The van der Waals surface area contributed by atoms with Crippen LogP contribution in [-0.4, -0.2) is 23.2 Å². The fourth-order valence-corrected chi connectivity index (χ4v) is 2.12. The Morgan fingerprint density at radius 3 is 2.85 bits per heavy atom. The van der Waals surface area contributed by atoms with E-state index in [4.69, 9.17) is 0 Å². The molecule has 0 aliphatic heterocycles. The first kappa shape index (κ1) is 14.2. The summed E-state index contributed by atoms with van der Waals surface area (Å²) in [7, 11) is 0. The van der Waals surface area contributed by atoms with E-state index in [1.165, 1.54) is 0 Å².